The summed E-state index contributed by atoms with van der Waals surface area (Å²) in [6, 6.07) is 6.85. The first kappa shape index (κ1) is 15.8. The van der Waals surface area contributed by atoms with E-state index in [0.29, 0.717) is 24.5 Å². The van der Waals surface area contributed by atoms with Crippen LogP contribution in [0, 0.1) is 0 Å². The molecular weight excluding hydrogens is 260 g/mol. The molecular formula is C14H20N2O4. The van der Waals surface area contributed by atoms with E-state index >= 15 is 0 Å². The topological polar surface area (TPSA) is 81.9 Å². The van der Waals surface area contributed by atoms with Crippen molar-refractivity contribution >= 4 is 17.6 Å². The third kappa shape index (κ3) is 4.79. The van der Waals surface area contributed by atoms with Crippen LogP contribution in [0.1, 0.15) is 13.8 Å². The Labute approximate surface area is 118 Å². The van der Waals surface area contributed by atoms with Crippen molar-refractivity contribution in [1.82, 2.24) is 4.90 Å². The Balaban J connectivity index is 2.34. The largest absolute Gasteiger partial charge is 0.480 e. The number of hydrogen-bond donors (Lipinski definition) is 1. The molecule has 6 nitrogen and oxygen atoms in total. The van der Waals surface area contributed by atoms with Crippen LogP contribution in [-0.2, 0) is 14.3 Å². The zero-order valence-electron chi connectivity index (χ0n) is 11.8. The van der Waals surface area contributed by atoms with E-state index in [4.69, 9.17) is 15.2 Å². The summed E-state index contributed by atoms with van der Waals surface area (Å²) >= 11 is 0. The standard InChI is InChI=1S/C14H20N2O4/c1-3-16(4-2)13(17)9-20-14(18)10-19-12-8-6-5-7-11(12)15/h5-8H,3-4,9-10,15H2,1-2H3. The molecule has 0 spiro atoms. The second-order valence-electron chi connectivity index (χ2n) is 4.05. The first-order valence-electron chi connectivity index (χ1n) is 6.49. The minimum atomic E-state index is -0.603. The molecule has 0 saturated heterocycles. The maximum Gasteiger partial charge on any atom is 0.344 e. The third-order valence-corrected chi connectivity index (χ3v) is 2.74. The lowest BCUT2D eigenvalue weighted by Gasteiger charge is -2.18. The summed E-state index contributed by atoms with van der Waals surface area (Å²) in [5.74, 6) is -0.407. The number of likely N-dealkylation sites (N-methyl/N-ethyl adjacent to an activating group) is 1. The number of nitrogen functional groups attached to an aromatic ring is 1. The molecule has 0 saturated carbocycles. The predicted octanol–water partition coefficient (Wildman–Crippen LogP) is 1.06. The molecule has 0 aliphatic carbocycles. The van der Waals surface area contributed by atoms with Crippen LogP contribution in [0.2, 0.25) is 0 Å². The van der Waals surface area contributed by atoms with E-state index in [9.17, 15) is 9.59 Å². The van der Waals surface area contributed by atoms with E-state index in [1.165, 1.54) is 0 Å². The minimum absolute atomic E-state index is 0.220. The molecule has 1 aromatic carbocycles. The van der Waals surface area contributed by atoms with E-state index in [0.717, 1.165) is 0 Å². The number of carbonyl (C=O) groups excluding carboxylic acids is 2. The maximum absolute atomic E-state index is 11.6. The summed E-state index contributed by atoms with van der Waals surface area (Å²) < 4.78 is 10.1. The number of nitrogens with two attached hydrogens (primary N) is 1. The number of anilines is 1. The molecule has 0 radical (unpaired) electrons. The molecule has 20 heavy (non-hydrogen) atoms. The van der Waals surface area contributed by atoms with Crippen LogP contribution < -0.4 is 10.5 Å². The Morgan fingerprint density at radius 1 is 1.15 bits per heavy atom. The van der Waals surface area contributed by atoms with Crippen molar-refractivity contribution < 1.29 is 19.1 Å². The van der Waals surface area contributed by atoms with Gasteiger partial charge >= 0.3 is 5.97 Å². The molecule has 0 aliphatic heterocycles. The van der Waals surface area contributed by atoms with Crippen molar-refractivity contribution in [3.63, 3.8) is 0 Å². The Kier molecular flexibility index (Phi) is 6.36. The van der Waals surface area contributed by atoms with E-state index in [1.54, 1.807) is 29.2 Å². The highest BCUT2D eigenvalue weighted by atomic mass is 16.6. The summed E-state index contributed by atoms with van der Waals surface area (Å²) in [5, 5.41) is 0. The molecule has 1 rings (SSSR count). The fourth-order valence-corrected chi connectivity index (χ4v) is 1.60. The number of para-hydroxylation sites is 2. The maximum atomic E-state index is 11.6. The lowest BCUT2D eigenvalue weighted by molar-refractivity contribution is -0.153. The number of rotatable bonds is 7. The molecule has 0 atom stereocenters. The van der Waals surface area contributed by atoms with Gasteiger partial charge in [0.2, 0.25) is 0 Å². The van der Waals surface area contributed by atoms with Gasteiger partial charge in [0.1, 0.15) is 5.75 Å². The van der Waals surface area contributed by atoms with E-state index in [-0.39, 0.29) is 19.1 Å². The van der Waals surface area contributed by atoms with Gasteiger partial charge in [-0.2, -0.15) is 0 Å². The number of amides is 1. The monoisotopic (exact) mass is 280 g/mol. The van der Waals surface area contributed by atoms with E-state index < -0.39 is 5.97 Å². The summed E-state index contributed by atoms with van der Waals surface area (Å²) in [6.07, 6.45) is 0. The van der Waals surface area contributed by atoms with Gasteiger partial charge in [-0.3, -0.25) is 4.79 Å². The predicted molar refractivity (Wildman–Crippen MR) is 75.2 cm³/mol. The number of ether oxygens (including phenoxy) is 2. The van der Waals surface area contributed by atoms with Crippen LogP contribution in [0.25, 0.3) is 0 Å². The fraction of sp³-hybridized carbons (Fsp3) is 0.429. The highest BCUT2D eigenvalue weighted by molar-refractivity contribution is 5.81. The van der Waals surface area contributed by atoms with Crippen LogP contribution in [0.4, 0.5) is 5.69 Å². The molecule has 0 fully saturated rings. The molecule has 0 bridgehead atoms. The number of esters is 1. The van der Waals surface area contributed by atoms with E-state index in [2.05, 4.69) is 0 Å². The Morgan fingerprint density at radius 2 is 1.80 bits per heavy atom. The molecule has 110 valence electrons. The first-order valence-corrected chi connectivity index (χ1v) is 6.49. The molecule has 1 amide bonds. The Morgan fingerprint density at radius 3 is 2.40 bits per heavy atom. The van der Waals surface area contributed by atoms with Crippen molar-refractivity contribution in [2.45, 2.75) is 13.8 Å². The number of benzene rings is 1. The quantitative estimate of drug-likeness (QED) is 0.596. The number of hydrogen-bond acceptors (Lipinski definition) is 5. The number of nitrogens with zero attached hydrogens (tertiary/aromatic N) is 1. The molecule has 0 aromatic heterocycles. The fourth-order valence-electron chi connectivity index (χ4n) is 1.60. The van der Waals surface area contributed by atoms with Gasteiger partial charge in [0, 0.05) is 13.1 Å². The van der Waals surface area contributed by atoms with Crippen LogP contribution >= 0.6 is 0 Å². The van der Waals surface area contributed by atoms with Crippen LogP contribution in [0.3, 0.4) is 0 Å². The number of carbonyl (C=O) groups is 2. The van der Waals surface area contributed by atoms with Crippen LogP contribution in [0.5, 0.6) is 5.75 Å². The van der Waals surface area contributed by atoms with Gasteiger partial charge in [-0.15, -0.1) is 0 Å². The van der Waals surface area contributed by atoms with Gasteiger partial charge < -0.3 is 20.1 Å². The normalized spacial score (nSPS) is 9.90. The molecule has 0 aliphatic rings. The average Bonchev–Trinajstić information content (AvgIpc) is 2.45. The minimum Gasteiger partial charge on any atom is -0.480 e. The second-order valence-corrected chi connectivity index (χ2v) is 4.05. The van der Waals surface area contributed by atoms with Crippen LogP contribution in [-0.4, -0.2) is 43.1 Å². The lowest BCUT2D eigenvalue weighted by atomic mass is 10.3. The van der Waals surface area contributed by atoms with Gasteiger partial charge in [-0.25, -0.2) is 4.79 Å². The summed E-state index contributed by atoms with van der Waals surface area (Å²) in [6.45, 7) is 4.36. The Bertz CT molecular complexity index is 458. The highest BCUT2D eigenvalue weighted by Gasteiger charge is 2.13. The smallest absolute Gasteiger partial charge is 0.344 e. The average molecular weight is 280 g/mol. The van der Waals surface area contributed by atoms with Gasteiger partial charge in [-0.05, 0) is 26.0 Å². The van der Waals surface area contributed by atoms with Gasteiger partial charge in [0.15, 0.2) is 13.2 Å². The van der Waals surface area contributed by atoms with Crippen molar-refractivity contribution in [1.29, 1.82) is 0 Å². The third-order valence-electron chi connectivity index (χ3n) is 2.74. The zero-order chi connectivity index (χ0) is 15.0. The van der Waals surface area contributed by atoms with Crippen molar-refractivity contribution in [2.75, 3.05) is 32.0 Å². The lowest BCUT2D eigenvalue weighted by Crippen LogP contribution is -2.34. The van der Waals surface area contributed by atoms with Crippen molar-refractivity contribution in [3.8, 4) is 5.75 Å². The van der Waals surface area contributed by atoms with E-state index in [1.807, 2.05) is 13.8 Å². The molecule has 0 unspecified atom stereocenters. The van der Waals surface area contributed by atoms with Gasteiger partial charge in [-0.1, -0.05) is 12.1 Å². The van der Waals surface area contributed by atoms with Crippen LogP contribution in [0.15, 0.2) is 24.3 Å². The zero-order valence-corrected chi connectivity index (χ0v) is 11.8. The summed E-state index contributed by atoms with van der Waals surface area (Å²) in [7, 11) is 0. The molecule has 6 heteroatoms. The molecule has 2 N–H and O–H groups in total. The summed E-state index contributed by atoms with van der Waals surface area (Å²) in [4.78, 5) is 24.7. The van der Waals surface area contributed by atoms with Gasteiger partial charge in [0.25, 0.3) is 5.91 Å². The first-order chi connectivity index (χ1) is 9.58. The SMILES string of the molecule is CCN(CC)C(=O)COC(=O)COc1ccccc1N. The highest BCUT2D eigenvalue weighted by Crippen LogP contribution is 2.19. The van der Waals surface area contributed by atoms with Crippen molar-refractivity contribution in [2.24, 2.45) is 0 Å². The molecule has 1 aromatic rings. The van der Waals surface area contributed by atoms with Gasteiger partial charge in [0.05, 0.1) is 5.69 Å². The summed E-state index contributed by atoms with van der Waals surface area (Å²) in [5.41, 5.74) is 6.11. The molecule has 0 heterocycles. The second kappa shape index (κ2) is 8.04. The Hall–Kier alpha value is -2.24. The van der Waals surface area contributed by atoms with Crippen molar-refractivity contribution in [3.05, 3.63) is 24.3 Å².